The Morgan fingerprint density at radius 2 is 1.90 bits per heavy atom. The Morgan fingerprint density at radius 3 is 2.47 bits per heavy atom. The fourth-order valence-corrected chi connectivity index (χ4v) is 4.11. The summed E-state index contributed by atoms with van der Waals surface area (Å²) in [6.07, 6.45) is 4.01. The maximum atomic E-state index is 11.9. The van der Waals surface area contributed by atoms with E-state index in [0.29, 0.717) is 32.1 Å². The molecule has 166 valence electrons. The van der Waals surface area contributed by atoms with Gasteiger partial charge in [-0.25, -0.2) is 0 Å². The minimum Gasteiger partial charge on any atom is -0.480 e. The maximum Gasteiger partial charge on any atom is 0.451 e. The molecule has 1 aliphatic rings. The van der Waals surface area contributed by atoms with Crippen molar-refractivity contribution in [2.45, 2.75) is 57.3 Å². The lowest BCUT2D eigenvalue weighted by Gasteiger charge is -2.41. The minimum atomic E-state index is -1.35. The number of aryl methyl sites for hydroxylation is 1. The maximum absolute atomic E-state index is 11.9. The molecule has 0 saturated carbocycles. The van der Waals surface area contributed by atoms with Crippen molar-refractivity contribution in [1.29, 1.82) is 0 Å². The summed E-state index contributed by atoms with van der Waals surface area (Å²) in [6, 6.07) is 8.50. The van der Waals surface area contributed by atoms with Gasteiger partial charge in [-0.1, -0.05) is 49.2 Å². The molecule has 1 aromatic carbocycles. The van der Waals surface area contributed by atoms with Gasteiger partial charge in [-0.05, 0) is 50.4 Å². The first-order valence-corrected chi connectivity index (χ1v) is 10.8. The van der Waals surface area contributed by atoms with Gasteiger partial charge in [0, 0.05) is 19.6 Å². The first kappa shape index (κ1) is 24.2. The van der Waals surface area contributed by atoms with Crippen LogP contribution in [0.25, 0.3) is 0 Å². The van der Waals surface area contributed by atoms with Crippen molar-refractivity contribution >= 4 is 13.1 Å². The zero-order valence-corrected chi connectivity index (χ0v) is 18.0. The number of likely N-dealkylation sites (tertiary alicyclic amines) is 1. The molecular weight excluding hydrogens is 381 g/mol. The number of unbranched alkanes of at least 4 members (excludes halogenated alkanes) is 1. The summed E-state index contributed by atoms with van der Waals surface area (Å²) in [7, 11) is -1.35. The Hall–Kier alpha value is -2.03. The summed E-state index contributed by atoms with van der Waals surface area (Å²) in [6.45, 7) is 8.47. The second-order valence-corrected chi connectivity index (χ2v) is 8.44. The largest absolute Gasteiger partial charge is 0.480 e. The molecule has 30 heavy (non-hydrogen) atoms. The van der Waals surface area contributed by atoms with Crippen LogP contribution in [0, 0.1) is 12.8 Å². The lowest BCUT2D eigenvalue weighted by atomic mass is 9.74. The molecule has 1 atom stereocenters. The molecule has 1 heterocycles. The topological polar surface area (TPSA) is 119 Å². The monoisotopic (exact) mass is 417 g/mol. The van der Waals surface area contributed by atoms with Crippen LogP contribution in [0.1, 0.15) is 43.2 Å². The molecule has 1 aromatic rings. The summed E-state index contributed by atoms with van der Waals surface area (Å²) in [4.78, 5) is 14.1. The number of aliphatic carboxylic acids is 1. The number of benzene rings is 1. The highest BCUT2D eigenvalue weighted by molar-refractivity contribution is 6.40. The zero-order valence-electron chi connectivity index (χ0n) is 18.0. The van der Waals surface area contributed by atoms with Crippen molar-refractivity contribution in [3.05, 3.63) is 47.8 Å². The first-order chi connectivity index (χ1) is 14.2. The lowest BCUT2D eigenvalue weighted by Crippen LogP contribution is -2.57. The number of nitrogens with one attached hydrogen (secondary N) is 1. The van der Waals surface area contributed by atoms with Gasteiger partial charge in [-0.3, -0.25) is 4.79 Å². The molecule has 1 aliphatic heterocycles. The van der Waals surface area contributed by atoms with Crippen LogP contribution in [0.4, 0.5) is 0 Å². The van der Waals surface area contributed by atoms with E-state index < -0.39 is 18.6 Å². The van der Waals surface area contributed by atoms with E-state index >= 15 is 0 Å². The Kier molecular flexibility index (Phi) is 9.20. The number of carboxylic acid groups (broad SMARTS) is 1. The van der Waals surface area contributed by atoms with Gasteiger partial charge in [0.15, 0.2) is 0 Å². The Labute approximate surface area is 180 Å². The number of hydrogen-bond acceptors (Lipinski definition) is 6. The molecular formula is C22H36BN3O4. The van der Waals surface area contributed by atoms with Crippen LogP contribution in [0.2, 0.25) is 6.32 Å². The van der Waals surface area contributed by atoms with Crippen molar-refractivity contribution < 1.29 is 19.9 Å². The van der Waals surface area contributed by atoms with Crippen molar-refractivity contribution in [3.8, 4) is 0 Å². The van der Waals surface area contributed by atoms with Crippen molar-refractivity contribution in [3.63, 3.8) is 0 Å². The quantitative estimate of drug-likeness (QED) is 0.260. The molecule has 8 heteroatoms. The van der Waals surface area contributed by atoms with E-state index in [9.17, 15) is 9.90 Å². The second-order valence-electron chi connectivity index (χ2n) is 8.44. The molecule has 7 nitrogen and oxygen atoms in total. The fraction of sp³-hybridized carbons (Fsp3) is 0.591. The third kappa shape index (κ3) is 7.04. The highest BCUT2D eigenvalue weighted by Gasteiger charge is 2.43. The second kappa shape index (κ2) is 11.4. The molecule has 0 spiro atoms. The fourth-order valence-electron chi connectivity index (χ4n) is 4.11. The average Bonchev–Trinajstić information content (AvgIpc) is 2.72. The normalized spacial score (nSPS) is 16.7. The van der Waals surface area contributed by atoms with Crippen molar-refractivity contribution in [1.82, 2.24) is 10.2 Å². The molecule has 1 fully saturated rings. The van der Waals surface area contributed by atoms with Gasteiger partial charge in [-0.15, -0.1) is 0 Å². The van der Waals surface area contributed by atoms with E-state index in [1.165, 1.54) is 11.1 Å². The molecule has 2 rings (SSSR count). The standard InChI is InChI=1S/C22H36BN3O4/c1-17-5-7-19(8-6-17)9-14-25-18(2)26-15-10-20(11-16-26)22(24,21(27)28)12-3-4-13-23(29)30/h5-8,20,25,29-30H,2-4,9-16,24H2,1H3,(H,27,28). The zero-order chi connectivity index (χ0) is 22.1. The summed E-state index contributed by atoms with van der Waals surface area (Å²) in [5.41, 5.74) is 7.59. The van der Waals surface area contributed by atoms with Gasteiger partial charge >= 0.3 is 13.1 Å². The van der Waals surface area contributed by atoms with E-state index in [1.807, 2.05) is 0 Å². The summed E-state index contributed by atoms with van der Waals surface area (Å²) in [5, 5.41) is 31.0. The van der Waals surface area contributed by atoms with E-state index in [1.54, 1.807) is 0 Å². The van der Waals surface area contributed by atoms with Gasteiger partial charge in [0.1, 0.15) is 5.54 Å². The Bertz CT molecular complexity index is 690. The smallest absolute Gasteiger partial charge is 0.451 e. The summed E-state index contributed by atoms with van der Waals surface area (Å²) >= 11 is 0. The molecule has 1 saturated heterocycles. The molecule has 0 radical (unpaired) electrons. The van der Waals surface area contributed by atoms with Gasteiger partial charge < -0.3 is 31.1 Å². The van der Waals surface area contributed by atoms with Crippen LogP contribution in [0.5, 0.6) is 0 Å². The molecule has 0 bridgehead atoms. The van der Waals surface area contributed by atoms with Gasteiger partial charge in [-0.2, -0.15) is 0 Å². The third-order valence-electron chi connectivity index (χ3n) is 6.17. The predicted octanol–water partition coefficient (Wildman–Crippen LogP) is 1.74. The highest BCUT2D eigenvalue weighted by Crippen LogP contribution is 2.32. The van der Waals surface area contributed by atoms with Gasteiger partial charge in [0.05, 0.1) is 5.82 Å². The molecule has 0 aromatic heterocycles. The molecule has 1 unspecified atom stereocenters. The molecule has 0 amide bonds. The van der Waals surface area contributed by atoms with Crippen LogP contribution in [0.3, 0.4) is 0 Å². The SMILES string of the molecule is C=C(NCCc1ccc(C)cc1)N1CCC(C(N)(CCCCB(O)O)C(=O)O)CC1. The van der Waals surface area contributed by atoms with Crippen molar-refractivity contribution in [2.24, 2.45) is 11.7 Å². The number of carboxylic acids is 1. The average molecular weight is 417 g/mol. The number of nitrogens with two attached hydrogens (primary N) is 1. The number of carbonyl (C=O) groups is 1. The number of piperidine rings is 1. The van der Waals surface area contributed by atoms with E-state index in [-0.39, 0.29) is 12.2 Å². The van der Waals surface area contributed by atoms with Crippen LogP contribution < -0.4 is 11.1 Å². The van der Waals surface area contributed by atoms with Crippen LogP contribution in [0.15, 0.2) is 36.7 Å². The summed E-state index contributed by atoms with van der Waals surface area (Å²) < 4.78 is 0. The van der Waals surface area contributed by atoms with Crippen LogP contribution in [-0.4, -0.2) is 58.3 Å². The predicted molar refractivity (Wildman–Crippen MR) is 120 cm³/mol. The Balaban J connectivity index is 1.77. The van der Waals surface area contributed by atoms with Gasteiger partial charge in [0.2, 0.25) is 0 Å². The Morgan fingerprint density at radius 1 is 1.27 bits per heavy atom. The highest BCUT2D eigenvalue weighted by atomic mass is 16.4. The van der Waals surface area contributed by atoms with Crippen molar-refractivity contribution in [2.75, 3.05) is 19.6 Å². The van der Waals surface area contributed by atoms with Crippen LogP contribution in [-0.2, 0) is 11.2 Å². The van der Waals surface area contributed by atoms with Gasteiger partial charge in [0.25, 0.3) is 0 Å². The van der Waals surface area contributed by atoms with E-state index in [2.05, 4.69) is 48.0 Å². The van der Waals surface area contributed by atoms with E-state index in [4.69, 9.17) is 15.8 Å². The summed E-state index contributed by atoms with van der Waals surface area (Å²) in [5.74, 6) is -0.207. The number of rotatable bonds is 12. The number of nitrogens with zero attached hydrogens (tertiary/aromatic N) is 1. The first-order valence-electron chi connectivity index (χ1n) is 10.8. The lowest BCUT2D eigenvalue weighted by molar-refractivity contribution is -0.146. The number of hydrogen-bond donors (Lipinski definition) is 5. The van der Waals surface area contributed by atoms with E-state index in [0.717, 1.165) is 31.9 Å². The third-order valence-corrected chi connectivity index (χ3v) is 6.17. The minimum absolute atomic E-state index is 0.106. The molecule has 0 aliphatic carbocycles. The molecule has 6 N–H and O–H groups in total. The van der Waals surface area contributed by atoms with Crippen LogP contribution >= 0.6 is 0 Å².